The number of nitrogens with one attached hydrogen (secondary N) is 2. The molecule has 2 N–H and O–H groups in total. The summed E-state index contributed by atoms with van der Waals surface area (Å²) >= 11 is 0. The fraction of sp³-hybridized carbons (Fsp3) is 0.158. The SMILES string of the molecule is O=C(/C=C/c1ccco1)NCCC(=O)Nc1ccn(Cc2ccccn2)n1. The average Bonchev–Trinajstić information content (AvgIpc) is 3.33. The highest BCUT2D eigenvalue weighted by atomic mass is 16.3. The van der Waals surface area contributed by atoms with Gasteiger partial charge in [0.25, 0.3) is 0 Å². The van der Waals surface area contributed by atoms with E-state index in [1.165, 1.54) is 12.3 Å². The summed E-state index contributed by atoms with van der Waals surface area (Å²) in [6.45, 7) is 0.747. The molecule has 0 radical (unpaired) electrons. The van der Waals surface area contributed by atoms with Gasteiger partial charge in [-0.2, -0.15) is 5.10 Å². The van der Waals surface area contributed by atoms with E-state index in [9.17, 15) is 9.59 Å². The molecule has 3 aromatic heterocycles. The number of hydrogen-bond acceptors (Lipinski definition) is 5. The van der Waals surface area contributed by atoms with Crippen LogP contribution in [0.25, 0.3) is 6.08 Å². The number of hydrogen-bond donors (Lipinski definition) is 2. The van der Waals surface area contributed by atoms with Crippen LogP contribution < -0.4 is 10.6 Å². The fourth-order valence-electron chi connectivity index (χ4n) is 2.28. The maximum atomic E-state index is 11.9. The summed E-state index contributed by atoms with van der Waals surface area (Å²) in [6, 6.07) is 10.9. The number of amides is 2. The zero-order chi connectivity index (χ0) is 18.9. The first kappa shape index (κ1) is 18.1. The van der Waals surface area contributed by atoms with Crippen molar-refractivity contribution in [1.82, 2.24) is 20.1 Å². The molecule has 0 saturated carbocycles. The van der Waals surface area contributed by atoms with Gasteiger partial charge in [-0.15, -0.1) is 0 Å². The normalized spacial score (nSPS) is 10.8. The van der Waals surface area contributed by atoms with Gasteiger partial charge in [-0.05, 0) is 30.3 Å². The van der Waals surface area contributed by atoms with Crippen LogP contribution in [-0.2, 0) is 16.1 Å². The summed E-state index contributed by atoms with van der Waals surface area (Å²) in [5.74, 6) is 0.524. The van der Waals surface area contributed by atoms with E-state index in [1.54, 1.807) is 41.4 Å². The van der Waals surface area contributed by atoms with Crippen molar-refractivity contribution in [2.75, 3.05) is 11.9 Å². The molecule has 3 rings (SSSR count). The van der Waals surface area contributed by atoms with Gasteiger partial charge >= 0.3 is 0 Å². The maximum Gasteiger partial charge on any atom is 0.244 e. The predicted octanol–water partition coefficient (Wildman–Crippen LogP) is 2.08. The Morgan fingerprint density at radius 1 is 1.19 bits per heavy atom. The molecule has 0 aliphatic rings. The van der Waals surface area contributed by atoms with Crippen LogP contribution in [0.4, 0.5) is 5.82 Å². The predicted molar refractivity (Wildman–Crippen MR) is 99.6 cm³/mol. The first-order valence-corrected chi connectivity index (χ1v) is 8.42. The van der Waals surface area contributed by atoms with Crippen LogP contribution in [0.2, 0.25) is 0 Å². The number of aromatic nitrogens is 3. The van der Waals surface area contributed by atoms with E-state index >= 15 is 0 Å². The summed E-state index contributed by atoms with van der Waals surface area (Å²) in [5.41, 5.74) is 0.879. The average molecular weight is 365 g/mol. The number of nitrogens with zero attached hydrogens (tertiary/aromatic N) is 3. The molecule has 8 nitrogen and oxygen atoms in total. The van der Waals surface area contributed by atoms with E-state index in [2.05, 4.69) is 20.7 Å². The van der Waals surface area contributed by atoms with Gasteiger partial charge in [0, 0.05) is 37.5 Å². The van der Waals surface area contributed by atoms with Gasteiger partial charge < -0.3 is 15.1 Å². The maximum absolute atomic E-state index is 11.9. The number of pyridine rings is 1. The number of carbonyl (C=O) groups excluding carboxylic acids is 2. The van der Waals surface area contributed by atoms with Gasteiger partial charge in [0.05, 0.1) is 18.5 Å². The lowest BCUT2D eigenvalue weighted by Crippen LogP contribution is -2.26. The molecule has 8 heteroatoms. The van der Waals surface area contributed by atoms with Gasteiger partial charge in [-0.1, -0.05) is 6.07 Å². The van der Waals surface area contributed by atoms with Crippen LogP contribution in [-0.4, -0.2) is 33.1 Å². The topological polar surface area (TPSA) is 102 Å². The molecule has 0 spiro atoms. The molecule has 0 bridgehead atoms. The molecular weight excluding hydrogens is 346 g/mol. The second-order valence-electron chi connectivity index (χ2n) is 5.66. The van der Waals surface area contributed by atoms with Crippen molar-refractivity contribution >= 4 is 23.7 Å². The van der Waals surface area contributed by atoms with Crippen molar-refractivity contribution in [2.45, 2.75) is 13.0 Å². The van der Waals surface area contributed by atoms with Gasteiger partial charge in [0.1, 0.15) is 5.76 Å². The Balaban J connectivity index is 1.38. The Labute approximate surface area is 155 Å². The first-order valence-electron chi connectivity index (χ1n) is 8.42. The summed E-state index contributed by atoms with van der Waals surface area (Å²) in [4.78, 5) is 27.8. The minimum atomic E-state index is -0.293. The van der Waals surface area contributed by atoms with E-state index in [0.29, 0.717) is 18.1 Å². The van der Waals surface area contributed by atoms with Crippen LogP contribution in [0.1, 0.15) is 17.9 Å². The molecule has 3 heterocycles. The van der Waals surface area contributed by atoms with E-state index < -0.39 is 0 Å². The second-order valence-corrected chi connectivity index (χ2v) is 5.66. The largest absolute Gasteiger partial charge is 0.465 e. The molecule has 2 amide bonds. The van der Waals surface area contributed by atoms with Crippen LogP contribution in [0.15, 0.2) is 65.5 Å². The minimum absolute atomic E-state index is 0.146. The summed E-state index contributed by atoms with van der Waals surface area (Å²) < 4.78 is 6.78. The molecule has 0 aliphatic carbocycles. The molecular formula is C19H19N5O3. The molecule has 0 aliphatic heterocycles. The summed E-state index contributed by atoms with van der Waals surface area (Å²) in [5, 5.41) is 9.62. The van der Waals surface area contributed by atoms with Gasteiger partial charge in [0.15, 0.2) is 5.82 Å². The summed E-state index contributed by atoms with van der Waals surface area (Å²) in [7, 11) is 0. The van der Waals surface area contributed by atoms with Crippen molar-refractivity contribution in [3.63, 3.8) is 0 Å². The van der Waals surface area contributed by atoms with Gasteiger partial charge in [-0.3, -0.25) is 19.3 Å². The third kappa shape index (κ3) is 5.96. The monoisotopic (exact) mass is 365 g/mol. The Hall–Kier alpha value is -3.68. The van der Waals surface area contributed by atoms with Crippen molar-refractivity contribution in [3.8, 4) is 0 Å². The van der Waals surface area contributed by atoms with Crippen LogP contribution in [0, 0.1) is 0 Å². The van der Waals surface area contributed by atoms with Crippen molar-refractivity contribution in [2.24, 2.45) is 0 Å². The molecule has 0 aromatic carbocycles. The lowest BCUT2D eigenvalue weighted by molar-refractivity contribution is -0.117. The third-order valence-electron chi connectivity index (χ3n) is 3.55. The number of rotatable bonds is 8. The molecule has 0 saturated heterocycles. The van der Waals surface area contributed by atoms with E-state index in [-0.39, 0.29) is 24.8 Å². The number of carbonyl (C=O) groups is 2. The lowest BCUT2D eigenvalue weighted by atomic mass is 10.3. The second kappa shape index (κ2) is 9.14. The Morgan fingerprint density at radius 2 is 2.11 bits per heavy atom. The number of anilines is 1. The van der Waals surface area contributed by atoms with Crippen molar-refractivity contribution in [3.05, 3.63) is 72.6 Å². The third-order valence-corrected chi connectivity index (χ3v) is 3.55. The molecule has 0 atom stereocenters. The smallest absolute Gasteiger partial charge is 0.244 e. The Kier molecular flexibility index (Phi) is 6.13. The quantitative estimate of drug-likeness (QED) is 0.595. The molecule has 27 heavy (non-hydrogen) atoms. The Morgan fingerprint density at radius 3 is 2.89 bits per heavy atom. The zero-order valence-electron chi connectivity index (χ0n) is 14.5. The van der Waals surface area contributed by atoms with Gasteiger partial charge in [-0.25, -0.2) is 0 Å². The van der Waals surface area contributed by atoms with Gasteiger partial charge in [0.2, 0.25) is 11.8 Å². The van der Waals surface area contributed by atoms with E-state index in [1.807, 2.05) is 18.2 Å². The molecule has 0 unspecified atom stereocenters. The number of furan rings is 1. The highest BCUT2D eigenvalue weighted by Crippen LogP contribution is 2.05. The van der Waals surface area contributed by atoms with Crippen molar-refractivity contribution in [1.29, 1.82) is 0 Å². The van der Waals surface area contributed by atoms with Crippen LogP contribution >= 0.6 is 0 Å². The zero-order valence-corrected chi connectivity index (χ0v) is 14.5. The van der Waals surface area contributed by atoms with Crippen molar-refractivity contribution < 1.29 is 14.0 Å². The summed E-state index contributed by atoms with van der Waals surface area (Å²) in [6.07, 6.45) is 8.08. The fourth-order valence-corrected chi connectivity index (χ4v) is 2.28. The lowest BCUT2D eigenvalue weighted by Gasteiger charge is -2.03. The molecule has 0 fully saturated rings. The van der Waals surface area contributed by atoms with E-state index in [4.69, 9.17) is 4.42 Å². The van der Waals surface area contributed by atoms with Crippen LogP contribution in [0.3, 0.4) is 0 Å². The molecule has 3 aromatic rings. The van der Waals surface area contributed by atoms with E-state index in [0.717, 1.165) is 5.69 Å². The molecule has 138 valence electrons. The first-order chi connectivity index (χ1) is 13.2. The Bertz CT molecular complexity index is 901. The highest BCUT2D eigenvalue weighted by molar-refractivity contribution is 5.93. The highest BCUT2D eigenvalue weighted by Gasteiger charge is 2.06. The van der Waals surface area contributed by atoms with Crippen LogP contribution in [0.5, 0.6) is 0 Å². The minimum Gasteiger partial charge on any atom is -0.465 e. The standard InChI is InChI=1S/C19H19N5O3/c25-18(7-6-16-5-3-13-27-16)21-11-8-19(26)22-17-9-12-24(23-17)14-15-4-1-2-10-20-15/h1-7,9-10,12-13H,8,11,14H2,(H,21,25)(H,22,23,26)/b7-6+.